The second-order valence-corrected chi connectivity index (χ2v) is 8.96. The Bertz CT molecular complexity index is 1070. The fraction of sp³-hybridized carbons (Fsp3) is 0.409. The number of ether oxygens (including phenoxy) is 1. The monoisotopic (exact) mass is 465 g/mol. The smallest absolute Gasteiger partial charge is 0.441 e. The second-order valence-electron chi connectivity index (χ2n) is 7.85. The van der Waals surface area contributed by atoms with Gasteiger partial charge < -0.3 is 15.4 Å². The highest BCUT2D eigenvalue weighted by molar-refractivity contribution is 7.16. The zero-order valence-electron chi connectivity index (χ0n) is 17.7. The van der Waals surface area contributed by atoms with E-state index < -0.39 is 23.7 Å². The normalized spacial score (nSPS) is 17.5. The number of alkyl halides is 3. The fourth-order valence-electron chi connectivity index (χ4n) is 3.62. The topological polar surface area (TPSA) is 91.2 Å². The number of thiophene rings is 1. The quantitative estimate of drug-likeness (QED) is 0.507. The molecule has 170 valence electrons. The van der Waals surface area contributed by atoms with Gasteiger partial charge in [-0.3, -0.25) is 4.79 Å². The number of hydrogen-bond acceptors (Lipinski definition) is 6. The zero-order chi connectivity index (χ0) is 23.7. The summed E-state index contributed by atoms with van der Waals surface area (Å²) in [6.45, 7) is 3.79. The minimum absolute atomic E-state index is 0.0546. The molecule has 1 aromatic heterocycles. The lowest BCUT2D eigenvalue weighted by atomic mass is 9.88. The van der Waals surface area contributed by atoms with Gasteiger partial charge in [-0.2, -0.15) is 18.4 Å². The average Bonchev–Trinajstić information content (AvgIpc) is 3.07. The van der Waals surface area contributed by atoms with E-state index in [1.807, 2.05) is 13.0 Å². The number of benzene rings is 1. The number of aryl methyl sites for hydroxylation is 1. The van der Waals surface area contributed by atoms with Gasteiger partial charge in [-0.15, -0.1) is 11.3 Å². The number of halogens is 3. The molecule has 1 aliphatic carbocycles. The van der Waals surface area contributed by atoms with Gasteiger partial charge >= 0.3 is 17.8 Å². The van der Waals surface area contributed by atoms with Crippen LogP contribution in [-0.2, 0) is 22.4 Å². The van der Waals surface area contributed by atoms with Crippen molar-refractivity contribution in [2.24, 2.45) is 5.92 Å². The Morgan fingerprint density at radius 2 is 1.91 bits per heavy atom. The number of methoxy groups -OCH3 is 1. The van der Waals surface area contributed by atoms with Crippen LogP contribution >= 0.6 is 11.3 Å². The first kappa shape index (κ1) is 23.6. The summed E-state index contributed by atoms with van der Waals surface area (Å²) < 4.78 is 47.5. The molecule has 3 rings (SSSR count). The summed E-state index contributed by atoms with van der Waals surface area (Å²) in [5, 5.41) is 13.5. The van der Waals surface area contributed by atoms with Crippen LogP contribution in [-0.4, -0.2) is 30.8 Å². The summed E-state index contributed by atoms with van der Waals surface area (Å²) in [6.07, 6.45) is -3.28. The van der Waals surface area contributed by atoms with Crippen molar-refractivity contribution in [2.45, 2.75) is 44.9 Å². The lowest BCUT2D eigenvalue weighted by Crippen LogP contribution is -2.69. The Balaban J connectivity index is 2.08. The Morgan fingerprint density at radius 1 is 1.25 bits per heavy atom. The van der Waals surface area contributed by atoms with Crippen molar-refractivity contribution in [1.82, 2.24) is 5.32 Å². The Hall–Kier alpha value is -3.06. The first-order valence-corrected chi connectivity index (χ1v) is 10.7. The number of rotatable bonds is 5. The van der Waals surface area contributed by atoms with Gasteiger partial charge in [0, 0.05) is 10.4 Å². The molecule has 0 aliphatic heterocycles. The number of esters is 1. The average molecular weight is 465 g/mol. The van der Waals surface area contributed by atoms with E-state index in [0.717, 1.165) is 35.3 Å². The van der Waals surface area contributed by atoms with Crippen molar-refractivity contribution in [2.75, 3.05) is 12.4 Å². The van der Waals surface area contributed by atoms with Crippen LogP contribution < -0.4 is 10.6 Å². The van der Waals surface area contributed by atoms with Crippen LogP contribution in [0, 0.1) is 24.2 Å². The number of fused-ring (bicyclic) bond motifs is 1. The molecule has 1 aromatic carbocycles. The summed E-state index contributed by atoms with van der Waals surface area (Å²) in [6, 6.07) is 7.80. The van der Waals surface area contributed by atoms with Crippen molar-refractivity contribution >= 4 is 28.2 Å². The van der Waals surface area contributed by atoms with Crippen LogP contribution in [0.2, 0.25) is 0 Å². The molecule has 0 bridgehead atoms. The number of amides is 1. The fourth-order valence-corrected chi connectivity index (χ4v) is 5.04. The molecule has 2 aromatic rings. The minimum atomic E-state index is -5.27. The maximum atomic E-state index is 14.4. The minimum Gasteiger partial charge on any atom is -0.466 e. The van der Waals surface area contributed by atoms with Crippen LogP contribution in [0.15, 0.2) is 24.3 Å². The molecule has 1 aliphatic rings. The second kappa shape index (κ2) is 8.82. The number of carbonyl (C=O) groups excluding carboxylic acids is 2. The molecule has 0 saturated heterocycles. The molecule has 0 radical (unpaired) electrons. The zero-order valence-corrected chi connectivity index (χ0v) is 18.5. The summed E-state index contributed by atoms with van der Waals surface area (Å²) >= 11 is 0.993. The molecule has 6 nitrogen and oxygen atoms in total. The van der Waals surface area contributed by atoms with E-state index in [1.54, 1.807) is 24.4 Å². The molecule has 0 spiro atoms. The molecule has 2 atom stereocenters. The van der Waals surface area contributed by atoms with E-state index in [9.17, 15) is 28.0 Å². The summed E-state index contributed by atoms with van der Waals surface area (Å²) in [5.74, 6) is -2.53. The van der Waals surface area contributed by atoms with Crippen LogP contribution in [0.5, 0.6) is 0 Å². The van der Waals surface area contributed by atoms with Gasteiger partial charge in [0.25, 0.3) is 5.91 Å². The Kier molecular flexibility index (Phi) is 6.51. The van der Waals surface area contributed by atoms with E-state index in [2.05, 4.69) is 10.1 Å². The Morgan fingerprint density at radius 3 is 2.47 bits per heavy atom. The maximum absolute atomic E-state index is 14.4. The SMILES string of the molecule is COC(=O)[C@@](NC(=O)c1ccc(C)cc1)(Nc1sc2c(c1C#N)CC[C@H](C)C2)C(F)(F)F. The van der Waals surface area contributed by atoms with Gasteiger partial charge in [0.15, 0.2) is 0 Å². The van der Waals surface area contributed by atoms with E-state index >= 15 is 0 Å². The lowest BCUT2D eigenvalue weighted by molar-refractivity contribution is -0.203. The highest BCUT2D eigenvalue weighted by atomic mass is 32.1. The molecule has 32 heavy (non-hydrogen) atoms. The van der Waals surface area contributed by atoms with Crippen molar-refractivity contribution < 1.29 is 27.5 Å². The third kappa shape index (κ3) is 4.30. The molecular formula is C22H22F3N3O3S. The van der Waals surface area contributed by atoms with Crippen molar-refractivity contribution in [3.05, 3.63) is 51.4 Å². The van der Waals surface area contributed by atoms with Crippen LogP contribution in [0.25, 0.3) is 0 Å². The highest BCUT2D eigenvalue weighted by Crippen LogP contribution is 2.42. The van der Waals surface area contributed by atoms with E-state index in [0.29, 0.717) is 24.3 Å². The molecular weight excluding hydrogens is 443 g/mol. The number of anilines is 1. The van der Waals surface area contributed by atoms with Crippen molar-refractivity contribution in [1.29, 1.82) is 5.26 Å². The molecule has 0 fully saturated rings. The van der Waals surface area contributed by atoms with Gasteiger partial charge in [0.05, 0.1) is 12.7 Å². The van der Waals surface area contributed by atoms with Gasteiger partial charge in [0.2, 0.25) is 0 Å². The van der Waals surface area contributed by atoms with E-state index in [4.69, 9.17) is 0 Å². The third-order valence-electron chi connectivity index (χ3n) is 5.46. The van der Waals surface area contributed by atoms with Gasteiger partial charge in [-0.05, 0) is 49.8 Å². The molecule has 1 heterocycles. The summed E-state index contributed by atoms with van der Waals surface area (Å²) in [7, 11) is 0.800. The summed E-state index contributed by atoms with van der Waals surface area (Å²) in [5.41, 5.74) is -2.08. The number of nitrogens with one attached hydrogen (secondary N) is 2. The molecule has 0 unspecified atom stereocenters. The highest BCUT2D eigenvalue weighted by Gasteiger charge is 2.64. The largest absolute Gasteiger partial charge is 0.466 e. The van der Waals surface area contributed by atoms with Crippen LogP contribution in [0.4, 0.5) is 18.2 Å². The van der Waals surface area contributed by atoms with Gasteiger partial charge in [-0.25, -0.2) is 4.79 Å². The number of hydrogen-bond donors (Lipinski definition) is 2. The number of nitrogens with zero attached hydrogens (tertiary/aromatic N) is 1. The van der Waals surface area contributed by atoms with E-state index in [1.165, 1.54) is 12.1 Å². The molecule has 0 saturated carbocycles. The molecule has 1 amide bonds. The molecule has 10 heteroatoms. The number of carbonyl (C=O) groups is 2. The van der Waals surface area contributed by atoms with Crippen LogP contribution in [0.1, 0.15) is 45.3 Å². The van der Waals surface area contributed by atoms with Crippen LogP contribution in [0.3, 0.4) is 0 Å². The van der Waals surface area contributed by atoms with E-state index in [-0.39, 0.29) is 16.1 Å². The van der Waals surface area contributed by atoms with Gasteiger partial charge in [0.1, 0.15) is 11.1 Å². The Labute approximate surface area is 187 Å². The third-order valence-corrected chi connectivity index (χ3v) is 6.63. The first-order valence-electron chi connectivity index (χ1n) is 9.89. The maximum Gasteiger partial charge on any atom is 0.441 e. The lowest BCUT2D eigenvalue weighted by Gasteiger charge is -2.34. The van der Waals surface area contributed by atoms with Crippen molar-refractivity contribution in [3.8, 4) is 6.07 Å². The number of nitriles is 1. The van der Waals surface area contributed by atoms with Gasteiger partial charge in [-0.1, -0.05) is 24.6 Å². The standard InChI is InChI=1S/C22H22F3N3O3S/c1-12-4-7-14(8-5-12)18(29)27-21(20(30)31-3,22(23,24)25)28-19-16(11-26)15-9-6-13(2)10-17(15)32-19/h4-5,7-8,13,28H,6,9-10H2,1-3H3,(H,27,29)/t13-,21+/m0/s1. The summed E-state index contributed by atoms with van der Waals surface area (Å²) in [4.78, 5) is 26.0. The predicted molar refractivity (Wildman–Crippen MR) is 113 cm³/mol. The first-order chi connectivity index (χ1) is 15.0. The molecule has 2 N–H and O–H groups in total. The van der Waals surface area contributed by atoms with Crippen molar-refractivity contribution in [3.63, 3.8) is 0 Å². The predicted octanol–water partition coefficient (Wildman–Crippen LogP) is 4.33.